The molecule has 1 fully saturated rings. The second-order valence-electron chi connectivity index (χ2n) is 7.82. The van der Waals surface area contributed by atoms with Gasteiger partial charge >= 0.3 is 0 Å². The third-order valence-electron chi connectivity index (χ3n) is 5.71. The first kappa shape index (κ1) is 19.6. The standard InChI is InChI=1S/C23H23F3N2O/c1-2-3-20(29)27-12-13-8-15(9-13)21-18-10-17(25)11-19(26)23(18)28-22(21)14-4-6-16(24)7-5-14/h4-7,10-11,13,15,28H,2-3,8-9,12H2,1H3,(H,27,29). The van der Waals surface area contributed by atoms with Crippen LogP contribution in [0.4, 0.5) is 13.2 Å². The van der Waals surface area contributed by atoms with E-state index >= 15 is 0 Å². The molecule has 29 heavy (non-hydrogen) atoms. The SMILES string of the molecule is CCCC(=O)NCC1CC(c2c(-c3ccc(F)cc3)[nH]c3c(F)cc(F)cc23)C1. The largest absolute Gasteiger partial charge is 0.356 e. The van der Waals surface area contributed by atoms with Crippen LogP contribution >= 0.6 is 0 Å². The van der Waals surface area contributed by atoms with Crippen LogP contribution in [0.5, 0.6) is 0 Å². The fraction of sp³-hybridized carbons (Fsp3) is 0.348. The second kappa shape index (κ2) is 7.93. The minimum absolute atomic E-state index is 0.0548. The number of H-pyrrole nitrogens is 1. The fourth-order valence-electron chi connectivity index (χ4n) is 4.22. The van der Waals surface area contributed by atoms with E-state index in [0.29, 0.717) is 30.0 Å². The Labute approximate surface area is 167 Å². The molecule has 0 unspecified atom stereocenters. The predicted molar refractivity (Wildman–Crippen MR) is 107 cm³/mol. The molecular formula is C23H23F3N2O. The van der Waals surface area contributed by atoms with Crippen molar-refractivity contribution in [2.75, 3.05) is 6.54 Å². The van der Waals surface area contributed by atoms with Crippen LogP contribution in [0.1, 0.15) is 44.1 Å². The van der Waals surface area contributed by atoms with E-state index in [9.17, 15) is 18.0 Å². The quantitative estimate of drug-likeness (QED) is 0.551. The zero-order valence-electron chi connectivity index (χ0n) is 16.2. The number of hydrogen-bond acceptors (Lipinski definition) is 1. The molecule has 3 nitrogen and oxygen atoms in total. The Bertz CT molecular complexity index is 1040. The van der Waals surface area contributed by atoms with Gasteiger partial charge in [0.1, 0.15) is 17.5 Å². The molecule has 1 aliphatic rings. The summed E-state index contributed by atoms with van der Waals surface area (Å²) in [7, 11) is 0. The first-order valence-corrected chi connectivity index (χ1v) is 9.99. The van der Waals surface area contributed by atoms with Gasteiger partial charge in [0, 0.05) is 24.4 Å². The lowest BCUT2D eigenvalue weighted by Crippen LogP contribution is -2.35. The van der Waals surface area contributed by atoms with E-state index in [2.05, 4.69) is 10.3 Å². The number of nitrogens with one attached hydrogen (secondary N) is 2. The molecule has 0 radical (unpaired) electrons. The van der Waals surface area contributed by atoms with Crippen molar-refractivity contribution in [1.82, 2.24) is 10.3 Å². The van der Waals surface area contributed by atoms with E-state index < -0.39 is 11.6 Å². The van der Waals surface area contributed by atoms with Crippen LogP contribution in [0.2, 0.25) is 0 Å². The number of fused-ring (bicyclic) bond motifs is 1. The normalized spacial score (nSPS) is 18.6. The number of hydrogen-bond donors (Lipinski definition) is 2. The molecule has 0 saturated heterocycles. The number of carbonyl (C=O) groups is 1. The molecule has 6 heteroatoms. The summed E-state index contributed by atoms with van der Waals surface area (Å²) in [5.41, 5.74) is 2.56. The van der Waals surface area contributed by atoms with Gasteiger partial charge in [0.2, 0.25) is 5.91 Å². The molecular weight excluding hydrogens is 377 g/mol. The monoisotopic (exact) mass is 400 g/mol. The topological polar surface area (TPSA) is 44.9 Å². The molecule has 1 aromatic heterocycles. The molecule has 152 valence electrons. The Kier molecular flexibility index (Phi) is 5.35. The Morgan fingerprint density at radius 3 is 2.52 bits per heavy atom. The highest BCUT2D eigenvalue weighted by Gasteiger charge is 2.34. The Morgan fingerprint density at radius 1 is 1.10 bits per heavy atom. The smallest absolute Gasteiger partial charge is 0.219 e. The Balaban J connectivity index is 1.64. The number of benzene rings is 2. The minimum atomic E-state index is -0.641. The van der Waals surface area contributed by atoms with Crippen LogP contribution in [-0.4, -0.2) is 17.4 Å². The second-order valence-corrected chi connectivity index (χ2v) is 7.82. The zero-order chi connectivity index (χ0) is 20.5. The lowest BCUT2D eigenvalue weighted by molar-refractivity contribution is -0.121. The zero-order valence-corrected chi connectivity index (χ0v) is 16.2. The third-order valence-corrected chi connectivity index (χ3v) is 5.71. The number of halogens is 3. The lowest BCUT2D eigenvalue weighted by Gasteiger charge is -2.36. The van der Waals surface area contributed by atoms with Gasteiger partial charge in [-0.2, -0.15) is 0 Å². The van der Waals surface area contributed by atoms with Gasteiger partial charge in [-0.1, -0.05) is 6.92 Å². The average molecular weight is 400 g/mol. The highest BCUT2D eigenvalue weighted by molar-refractivity contribution is 5.92. The summed E-state index contributed by atoms with van der Waals surface area (Å²) in [5.74, 6) is -1.10. The molecule has 3 aromatic rings. The van der Waals surface area contributed by atoms with Gasteiger partial charge in [0.25, 0.3) is 0 Å². The molecule has 2 N–H and O–H groups in total. The highest BCUT2D eigenvalue weighted by Crippen LogP contribution is 2.48. The van der Waals surface area contributed by atoms with E-state index in [1.165, 1.54) is 18.2 Å². The van der Waals surface area contributed by atoms with Gasteiger partial charge in [0.05, 0.1) is 11.2 Å². The summed E-state index contributed by atoms with van der Waals surface area (Å²) in [6.45, 7) is 2.58. The van der Waals surface area contributed by atoms with E-state index in [-0.39, 0.29) is 23.2 Å². The van der Waals surface area contributed by atoms with E-state index in [0.717, 1.165) is 36.5 Å². The van der Waals surface area contributed by atoms with Gasteiger partial charge in [-0.05, 0) is 72.6 Å². The summed E-state index contributed by atoms with van der Waals surface area (Å²) in [6.07, 6.45) is 2.98. The van der Waals surface area contributed by atoms with Crippen molar-refractivity contribution in [2.45, 2.75) is 38.5 Å². The van der Waals surface area contributed by atoms with Gasteiger partial charge in [-0.25, -0.2) is 13.2 Å². The Hall–Kier alpha value is -2.76. The number of aromatic amines is 1. The van der Waals surface area contributed by atoms with E-state index in [1.807, 2.05) is 6.92 Å². The van der Waals surface area contributed by atoms with Gasteiger partial charge in [-0.15, -0.1) is 0 Å². The molecule has 1 saturated carbocycles. The third kappa shape index (κ3) is 3.88. The van der Waals surface area contributed by atoms with Crippen molar-refractivity contribution in [1.29, 1.82) is 0 Å². The predicted octanol–water partition coefficient (Wildman–Crippen LogP) is 5.66. The van der Waals surface area contributed by atoms with Crippen LogP contribution in [0, 0.1) is 23.4 Å². The summed E-state index contributed by atoms with van der Waals surface area (Å²) < 4.78 is 41.7. The van der Waals surface area contributed by atoms with Crippen molar-refractivity contribution in [3.63, 3.8) is 0 Å². The van der Waals surface area contributed by atoms with Crippen LogP contribution in [0.25, 0.3) is 22.2 Å². The van der Waals surface area contributed by atoms with Crippen molar-refractivity contribution in [2.24, 2.45) is 5.92 Å². The van der Waals surface area contributed by atoms with E-state index in [1.54, 1.807) is 12.1 Å². The van der Waals surface area contributed by atoms with Gasteiger partial charge in [0.15, 0.2) is 0 Å². The first-order chi connectivity index (χ1) is 14.0. The Morgan fingerprint density at radius 2 is 1.83 bits per heavy atom. The number of rotatable bonds is 6. The fourth-order valence-corrected chi connectivity index (χ4v) is 4.22. The first-order valence-electron chi connectivity index (χ1n) is 9.99. The summed E-state index contributed by atoms with van der Waals surface area (Å²) >= 11 is 0. The molecule has 2 aromatic carbocycles. The minimum Gasteiger partial charge on any atom is -0.356 e. The van der Waals surface area contributed by atoms with Crippen LogP contribution in [-0.2, 0) is 4.79 Å². The number of aromatic nitrogens is 1. The maximum absolute atomic E-state index is 14.4. The highest BCUT2D eigenvalue weighted by atomic mass is 19.1. The van der Waals surface area contributed by atoms with Gasteiger partial charge in [-0.3, -0.25) is 4.79 Å². The van der Waals surface area contributed by atoms with Crippen molar-refractivity contribution < 1.29 is 18.0 Å². The van der Waals surface area contributed by atoms with Crippen molar-refractivity contribution >= 4 is 16.8 Å². The molecule has 0 bridgehead atoms. The molecule has 0 aliphatic heterocycles. The van der Waals surface area contributed by atoms with Crippen LogP contribution in [0.3, 0.4) is 0 Å². The van der Waals surface area contributed by atoms with Gasteiger partial charge < -0.3 is 10.3 Å². The average Bonchev–Trinajstić information content (AvgIpc) is 3.01. The molecule has 4 rings (SSSR count). The lowest BCUT2D eigenvalue weighted by atomic mass is 9.70. The molecule has 1 aliphatic carbocycles. The molecule has 0 atom stereocenters. The number of amides is 1. The van der Waals surface area contributed by atoms with Crippen LogP contribution < -0.4 is 5.32 Å². The maximum Gasteiger partial charge on any atom is 0.219 e. The maximum atomic E-state index is 14.4. The van der Waals surface area contributed by atoms with E-state index in [4.69, 9.17) is 0 Å². The molecule has 0 spiro atoms. The van der Waals surface area contributed by atoms with Crippen LogP contribution in [0.15, 0.2) is 36.4 Å². The summed E-state index contributed by atoms with van der Waals surface area (Å²) in [6, 6.07) is 8.21. The summed E-state index contributed by atoms with van der Waals surface area (Å²) in [4.78, 5) is 14.8. The molecule has 1 amide bonds. The molecule has 1 heterocycles. The number of carbonyl (C=O) groups excluding carboxylic acids is 1. The summed E-state index contributed by atoms with van der Waals surface area (Å²) in [5, 5.41) is 3.48. The van der Waals surface area contributed by atoms with Crippen molar-refractivity contribution in [3.05, 3.63) is 59.4 Å². The van der Waals surface area contributed by atoms with Crippen molar-refractivity contribution in [3.8, 4) is 11.3 Å².